The zero-order valence-corrected chi connectivity index (χ0v) is 15.3. The quantitative estimate of drug-likeness (QED) is 0.676. The number of benzene rings is 1. The largest absolute Gasteiger partial charge is 0.324 e. The van der Waals surface area contributed by atoms with Crippen LogP contribution in [0.1, 0.15) is 24.1 Å². The van der Waals surface area contributed by atoms with E-state index in [1.165, 1.54) is 5.56 Å². The van der Waals surface area contributed by atoms with Crippen molar-refractivity contribution in [3.05, 3.63) is 51.6 Å². The lowest BCUT2D eigenvalue weighted by molar-refractivity contribution is -0.118. The van der Waals surface area contributed by atoms with Crippen LogP contribution in [0.2, 0.25) is 0 Å². The molecular formula is C17H18N4OS2. The molecule has 0 spiro atoms. The lowest BCUT2D eigenvalue weighted by Crippen LogP contribution is -2.24. The number of H-pyrrole nitrogens is 1. The van der Waals surface area contributed by atoms with Crippen molar-refractivity contribution in [1.29, 1.82) is 0 Å². The SMILES string of the molecule is Cc1ccc(NC(=O)[C@H](C)n2c(-c3cccs3)n[nH]c2=S)cc1C. The first kappa shape index (κ1) is 16.6. The first-order valence-corrected chi connectivity index (χ1v) is 8.85. The van der Waals surface area contributed by atoms with Gasteiger partial charge >= 0.3 is 0 Å². The second-order valence-corrected chi connectivity index (χ2v) is 7.00. The molecule has 24 heavy (non-hydrogen) atoms. The van der Waals surface area contributed by atoms with Gasteiger partial charge in [0, 0.05) is 5.69 Å². The van der Waals surface area contributed by atoms with Crippen LogP contribution in [0.4, 0.5) is 5.69 Å². The van der Waals surface area contributed by atoms with Gasteiger partial charge in [-0.25, -0.2) is 0 Å². The summed E-state index contributed by atoms with van der Waals surface area (Å²) in [6.45, 7) is 5.88. The predicted molar refractivity (Wildman–Crippen MR) is 100.0 cm³/mol. The van der Waals surface area contributed by atoms with Gasteiger partial charge in [-0.3, -0.25) is 14.5 Å². The number of anilines is 1. The van der Waals surface area contributed by atoms with E-state index in [1.807, 2.05) is 56.5 Å². The fraction of sp³-hybridized carbons (Fsp3) is 0.235. The molecule has 3 aromatic rings. The lowest BCUT2D eigenvalue weighted by atomic mass is 10.1. The van der Waals surface area contributed by atoms with Crippen LogP contribution in [0.3, 0.4) is 0 Å². The van der Waals surface area contributed by atoms with Gasteiger partial charge in [0.15, 0.2) is 10.6 Å². The summed E-state index contributed by atoms with van der Waals surface area (Å²) in [4.78, 5) is 13.6. The molecule has 3 rings (SSSR count). The van der Waals surface area contributed by atoms with Gasteiger partial charge in [0.25, 0.3) is 0 Å². The van der Waals surface area contributed by atoms with Crippen molar-refractivity contribution in [3.63, 3.8) is 0 Å². The number of aryl methyl sites for hydroxylation is 2. The summed E-state index contributed by atoms with van der Waals surface area (Å²) in [5, 5.41) is 12.0. The Bertz CT molecular complexity index is 924. The van der Waals surface area contributed by atoms with Crippen LogP contribution in [0.5, 0.6) is 0 Å². The Morgan fingerprint density at radius 3 is 2.79 bits per heavy atom. The van der Waals surface area contributed by atoms with E-state index in [4.69, 9.17) is 12.2 Å². The van der Waals surface area contributed by atoms with Gasteiger partial charge in [0.1, 0.15) is 6.04 Å². The molecule has 0 bridgehead atoms. The summed E-state index contributed by atoms with van der Waals surface area (Å²) in [6.07, 6.45) is 0. The minimum Gasteiger partial charge on any atom is -0.324 e. The molecule has 1 atom stereocenters. The number of thiophene rings is 1. The molecule has 0 aliphatic heterocycles. The Morgan fingerprint density at radius 2 is 2.12 bits per heavy atom. The maximum atomic E-state index is 12.7. The van der Waals surface area contributed by atoms with Gasteiger partial charge in [0.05, 0.1) is 4.88 Å². The minimum absolute atomic E-state index is 0.131. The third-order valence-corrected chi connectivity index (χ3v) is 5.14. The Labute approximate surface area is 149 Å². The molecule has 2 N–H and O–H groups in total. The van der Waals surface area contributed by atoms with Crippen molar-refractivity contribution in [2.75, 3.05) is 5.32 Å². The monoisotopic (exact) mass is 358 g/mol. The van der Waals surface area contributed by atoms with E-state index in [2.05, 4.69) is 15.5 Å². The summed E-state index contributed by atoms with van der Waals surface area (Å²) in [7, 11) is 0. The van der Waals surface area contributed by atoms with E-state index in [0.717, 1.165) is 16.1 Å². The summed E-state index contributed by atoms with van der Waals surface area (Å²) >= 11 is 6.87. The van der Waals surface area contributed by atoms with Gasteiger partial charge in [-0.2, -0.15) is 5.10 Å². The Hall–Kier alpha value is -2.25. The summed E-state index contributed by atoms with van der Waals surface area (Å²) in [5.41, 5.74) is 3.11. The van der Waals surface area contributed by atoms with Crippen molar-refractivity contribution >= 4 is 35.1 Å². The molecule has 0 saturated heterocycles. The third-order valence-electron chi connectivity index (χ3n) is 3.99. The molecule has 0 aliphatic carbocycles. The maximum absolute atomic E-state index is 12.7. The number of amides is 1. The molecular weight excluding hydrogens is 340 g/mol. The molecule has 0 fully saturated rings. The van der Waals surface area contributed by atoms with E-state index in [-0.39, 0.29) is 5.91 Å². The molecule has 1 aromatic carbocycles. The second-order valence-electron chi connectivity index (χ2n) is 5.66. The zero-order chi connectivity index (χ0) is 17.3. The highest BCUT2D eigenvalue weighted by Crippen LogP contribution is 2.26. The van der Waals surface area contributed by atoms with Crippen LogP contribution in [-0.2, 0) is 4.79 Å². The van der Waals surface area contributed by atoms with Crippen LogP contribution in [0.15, 0.2) is 35.7 Å². The normalized spacial score (nSPS) is 12.1. The number of hydrogen-bond acceptors (Lipinski definition) is 4. The van der Waals surface area contributed by atoms with Crippen molar-refractivity contribution in [3.8, 4) is 10.7 Å². The van der Waals surface area contributed by atoms with Crippen LogP contribution >= 0.6 is 23.6 Å². The highest BCUT2D eigenvalue weighted by molar-refractivity contribution is 7.71. The summed E-state index contributed by atoms with van der Waals surface area (Å²) < 4.78 is 2.18. The van der Waals surface area contributed by atoms with E-state index in [1.54, 1.807) is 15.9 Å². The third kappa shape index (κ3) is 3.18. The topological polar surface area (TPSA) is 62.7 Å². The van der Waals surface area contributed by atoms with E-state index in [0.29, 0.717) is 10.6 Å². The Morgan fingerprint density at radius 1 is 1.33 bits per heavy atom. The van der Waals surface area contributed by atoms with Crippen molar-refractivity contribution in [1.82, 2.24) is 14.8 Å². The predicted octanol–water partition coefficient (Wildman–Crippen LogP) is 4.49. The number of aromatic amines is 1. The first-order chi connectivity index (χ1) is 11.5. The fourth-order valence-corrected chi connectivity index (χ4v) is 3.43. The van der Waals surface area contributed by atoms with Crippen LogP contribution < -0.4 is 5.32 Å². The number of carbonyl (C=O) groups excluding carboxylic acids is 1. The molecule has 5 nitrogen and oxygen atoms in total. The number of nitrogens with one attached hydrogen (secondary N) is 2. The molecule has 0 radical (unpaired) electrons. The molecule has 1 amide bonds. The number of nitrogens with zero attached hydrogens (tertiary/aromatic N) is 2. The molecule has 2 heterocycles. The molecule has 7 heteroatoms. The molecule has 0 saturated carbocycles. The van der Waals surface area contributed by atoms with Gasteiger partial charge in [-0.05, 0) is 67.7 Å². The fourth-order valence-electron chi connectivity index (χ4n) is 2.43. The first-order valence-electron chi connectivity index (χ1n) is 7.56. The number of rotatable bonds is 4. The van der Waals surface area contributed by atoms with E-state index >= 15 is 0 Å². The van der Waals surface area contributed by atoms with Gasteiger partial charge in [-0.15, -0.1) is 11.3 Å². The van der Waals surface area contributed by atoms with Crippen LogP contribution in [0.25, 0.3) is 10.7 Å². The van der Waals surface area contributed by atoms with Gasteiger partial charge < -0.3 is 5.32 Å². The lowest BCUT2D eigenvalue weighted by Gasteiger charge is -2.16. The zero-order valence-electron chi connectivity index (χ0n) is 13.7. The van der Waals surface area contributed by atoms with E-state index in [9.17, 15) is 4.79 Å². The van der Waals surface area contributed by atoms with Crippen LogP contribution in [-0.4, -0.2) is 20.7 Å². The van der Waals surface area contributed by atoms with Crippen molar-refractivity contribution in [2.24, 2.45) is 0 Å². The molecule has 0 unspecified atom stereocenters. The molecule has 2 aromatic heterocycles. The number of hydrogen-bond donors (Lipinski definition) is 2. The summed E-state index contributed by atoms with van der Waals surface area (Å²) in [6, 6.07) is 9.30. The Balaban J connectivity index is 1.88. The van der Waals surface area contributed by atoms with Crippen molar-refractivity contribution < 1.29 is 4.79 Å². The number of carbonyl (C=O) groups is 1. The highest BCUT2D eigenvalue weighted by atomic mass is 32.1. The van der Waals surface area contributed by atoms with E-state index < -0.39 is 6.04 Å². The number of aromatic nitrogens is 3. The molecule has 124 valence electrons. The standard InChI is InChI=1S/C17H18N4OS2/c1-10-6-7-13(9-11(10)2)18-16(22)12(3)21-15(19-20-17(21)23)14-5-4-8-24-14/h4-9,12H,1-3H3,(H,18,22)(H,20,23)/t12-/m0/s1. The average molecular weight is 358 g/mol. The van der Waals surface area contributed by atoms with Gasteiger partial charge in [0.2, 0.25) is 5.91 Å². The second kappa shape index (κ2) is 6.70. The Kier molecular flexibility index (Phi) is 4.64. The summed E-state index contributed by atoms with van der Waals surface area (Å²) in [5.74, 6) is 0.547. The van der Waals surface area contributed by atoms with Crippen molar-refractivity contribution in [2.45, 2.75) is 26.8 Å². The van der Waals surface area contributed by atoms with Crippen LogP contribution in [0, 0.1) is 18.6 Å². The maximum Gasteiger partial charge on any atom is 0.247 e. The highest BCUT2D eigenvalue weighted by Gasteiger charge is 2.21. The molecule has 0 aliphatic rings. The average Bonchev–Trinajstić information content (AvgIpc) is 3.19. The minimum atomic E-state index is -0.477. The van der Waals surface area contributed by atoms with Gasteiger partial charge in [-0.1, -0.05) is 12.1 Å². The smallest absolute Gasteiger partial charge is 0.247 e.